The third kappa shape index (κ3) is 7.27. The van der Waals surface area contributed by atoms with Crippen molar-refractivity contribution in [2.45, 2.75) is 71.0 Å². The molecule has 0 aliphatic heterocycles. The molecular formula is C25H33N5OS2. The molecule has 0 bridgehead atoms. The second-order valence-corrected chi connectivity index (χ2v) is 10.2. The SMILES string of the molecule is C=CCn1c(CCCCCCC)nnc1SCC(=O)Nc1nc(-c2ccc(C)cc2)c(C)s1. The van der Waals surface area contributed by atoms with E-state index in [4.69, 9.17) is 0 Å². The molecule has 1 N–H and O–H groups in total. The first-order chi connectivity index (χ1) is 16.0. The zero-order valence-corrected chi connectivity index (χ0v) is 21.4. The predicted octanol–water partition coefficient (Wildman–Crippen LogP) is 6.45. The number of nitrogens with zero attached hydrogens (tertiary/aromatic N) is 4. The van der Waals surface area contributed by atoms with Gasteiger partial charge in [-0.15, -0.1) is 28.1 Å². The molecule has 0 saturated carbocycles. The normalized spacial score (nSPS) is 11.0. The van der Waals surface area contributed by atoms with Crippen LogP contribution in [0.15, 0.2) is 42.1 Å². The molecule has 3 rings (SSSR count). The summed E-state index contributed by atoms with van der Waals surface area (Å²) in [5.41, 5.74) is 3.18. The van der Waals surface area contributed by atoms with E-state index in [1.165, 1.54) is 54.3 Å². The molecular weight excluding hydrogens is 450 g/mol. The summed E-state index contributed by atoms with van der Waals surface area (Å²) in [6.45, 7) is 10.8. The number of hydrogen-bond acceptors (Lipinski definition) is 6. The van der Waals surface area contributed by atoms with Crippen LogP contribution in [0.1, 0.15) is 55.3 Å². The first-order valence-electron chi connectivity index (χ1n) is 11.5. The van der Waals surface area contributed by atoms with Gasteiger partial charge in [0.15, 0.2) is 10.3 Å². The Balaban J connectivity index is 1.57. The lowest BCUT2D eigenvalue weighted by atomic mass is 10.1. The minimum absolute atomic E-state index is 0.0986. The highest BCUT2D eigenvalue weighted by Crippen LogP contribution is 2.30. The van der Waals surface area contributed by atoms with Crippen molar-refractivity contribution in [2.75, 3.05) is 11.1 Å². The minimum atomic E-state index is -0.0986. The van der Waals surface area contributed by atoms with Crippen molar-refractivity contribution in [3.63, 3.8) is 0 Å². The van der Waals surface area contributed by atoms with Gasteiger partial charge in [-0.25, -0.2) is 4.98 Å². The molecule has 3 aromatic rings. The number of aromatic nitrogens is 4. The highest BCUT2D eigenvalue weighted by Gasteiger charge is 2.15. The summed E-state index contributed by atoms with van der Waals surface area (Å²) in [6.07, 6.45) is 8.83. The number of nitrogens with one attached hydrogen (secondary N) is 1. The van der Waals surface area contributed by atoms with Crippen molar-refractivity contribution >= 4 is 34.1 Å². The van der Waals surface area contributed by atoms with Crippen LogP contribution in [0.4, 0.5) is 5.13 Å². The van der Waals surface area contributed by atoms with Crippen molar-refractivity contribution in [1.29, 1.82) is 0 Å². The van der Waals surface area contributed by atoms with E-state index in [2.05, 4.69) is 69.8 Å². The van der Waals surface area contributed by atoms with Gasteiger partial charge in [0.05, 0.1) is 11.4 Å². The number of thiazole rings is 1. The standard InChI is InChI=1S/C25H33N5OS2/c1-5-7-8-9-10-11-21-28-29-25(30(21)16-6-2)32-17-22(31)26-24-27-23(19(4)33-24)20-14-12-18(3)13-15-20/h6,12-15H,2,5,7-11,16-17H2,1,3-4H3,(H,26,27,31). The van der Waals surface area contributed by atoms with Crippen LogP contribution in [0.25, 0.3) is 11.3 Å². The number of allylic oxidation sites excluding steroid dienone is 1. The topological polar surface area (TPSA) is 72.7 Å². The number of unbranched alkanes of at least 4 members (excludes halogenated alkanes) is 4. The lowest BCUT2D eigenvalue weighted by Crippen LogP contribution is -2.14. The monoisotopic (exact) mass is 483 g/mol. The number of thioether (sulfide) groups is 1. The third-order valence-corrected chi connectivity index (χ3v) is 7.16. The largest absolute Gasteiger partial charge is 0.302 e. The highest BCUT2D eigenvalue weighted by molar-refractivity contribution is 7.99. The van der Waals surface area contributed by atoms with Gasteiger partial charge in [0, 0.05) is 23.4 Å². The summed E-state index contributed by atoms with van der Waals surface area (Å²) in [4.78, 5) is 18.3. The van der Waals surface area contributed by atoms with Crippen molar-refractivity contribution < 1.29 is 4.79 Å². The molecule has 0 radical (unpaired) electrons. The molecule has 1 amide bonds. The summed E-state index contributed by atoms with van der Waals surface area (Å²) in [5, 5.41) is 13.0. The van der Waals surface area contributed by atoms with Crippen molar-refractivity contribution in [3.8, 4) is 11.3 Å². The van der Waals surface area contributed by atoms with Crippen LogP contribution in [0.3, 0.4) is 0 Å². The lowest BCUT2D eigenvalue weighted by Gasteiger charge is -2.07. The Morgan fingerprint density at radius 3 is 2.64 bits per heavy atom. The average Bonchev–Trinajstić information content (AvgIpc) is 3.35. The second-order valence-electron chi connectivity index (χ2n) is 8.09. The van der Waals surface area contributed by atoms with Crippen LogP contribution in [0, 0.1) is 13.8 Å². The van der Waals surface area contributed by atoms with E-state index in [1.54, 1.807) is 0 Å². The number of aryl methyl sites for hydroxylation is 3. The molecule has 0 spiro atoms. The van der Waals surface area contributed by atoms with Crippen LogP contribution in [0.2, 0.25) is 0 Å². The number of benzene rings is 1. The molecule has 0 fully saturated rings. The zero-order valence-electron chi connectivity index (χ0n) is 19.8. The van der Waals surface area contributed by atoms with Crippen LogP contribution in [0.5, 0.6) is 0 Å². The smallest absolute Gasteiger partial charge is 0.236 e. The molecule has 0 aliphatic rings. The number of carbonyl (C=O) groups excluding carboxylic acids is 1. The fourth-order valence-electron chi connectivity index (χ4n) is 3.52. The lowest BCUT2D eigenvalue weighted by molar-refractivity contribution is -0.113. The highest BCUT2D eigenvalue weighted by atomic mass is 32.2. The Morgan fingerprint density at radius 2 is 1.91 bits per heavy atom. The fourth-order valence-corrected chi connectivity index (χ4v) is 5.14. The Morgan fingerprint density at radius 1 is 1.15 bits per heavy atom. The predicted molar refractivity (Wildman–Crippen MR) is 139 cm³/mol. The summed E-state index contributed by atoms with van der Waals surface area (Å²) >= 11 is 2.89. The summed E-state index contributed by atoms with van der Waals surface area (Å²) in [6, 6.07) is 8.27. The van der Waals surface area contributed by atoms with Crippen molar-refractivity contribution in [2.24, 2.45) is 0 Å². The van der Waals surface area contributed by atoms with E-state index in [-0.39, 0.29) is 11.7 Å². The number of amides is 1. The van der Waals surface area contributed by atoms with Crippen LogP contribution >= 0.6 is 23.1 Å². The van der Waals surface area contributed by atoms with Crippen LogP contribution in [-0.2, 0) is 17.8 Å². The fraction of sp³-hybridized carbons (Fsp3) is 0.440. The minimum Gasteiger partial charge on any atom is -0.302 e. The van der Waals surface area contributed by atoms with Gasteiger partial charge in [-0.3, -0.25) is 4.79 Å². The molecule has 0 aliphatic carbocycles. The van der Waals surface area contributed by atoms with E-state index in [0.29, 0.717) is 11.7 Å². The average molecular weight is 484 g/mol. The van der Waals surface area contributed by atoms with E-state index in [0.717, 1.165) is 40.0 Å². The maximum atomic E-state index is 12.6. The molecule has 6 nitrogen and oxygen atoms in total. The zero-order chi connectivity index (χ0) is 23.6. The van der Waals surface area contributed by atoms with Crippen molar-refractivity contribution in [1.82, 2.24) is 19.7 Å². The summed E-state index contributed by atoms with van der Waals surface area (Å²) < 4.78 is 2.06. The van der Waals surface area contributed by atoms with E-state index in [9.17, 15) is 4.79 Å². The second kappa shape index (κ2) is 12.7. The third-order valence-electron chi connectivity index (χ3n) is 5.31. The number of hydrogen-bond donors (Lipinski definition) is 1. The molecule has 176 valence electrons. The number of carbonyl (C=O) groups is 1. The quantitative estimate of drug-likeness (QED) is 0.172. The summed E-state index contributed by atoms with van der Waals surface area (Å²) in [7, 11) is 0. The van der Waals surface area contributed by atoms with Gasteiger partial charge in [-0.05, 0) is 20.3 Å². The Bertz CT molecular complexity index is 1060. The van der Waals surface area contributed by atoms with E-state index >= 15 is 0 Å². The van der Waals surface area contributed by atoms with Gasteiger partial charge in [-0.1, -0.05) is 80.3 Å². The Labute approximate surface area is 204 Å². The Kier molecular flexibility index (Phi) is 9.69. The number of rotatable bonds is 13. The molecule has 0 saturated heterocycles. The molecule has 8 heteroatoms. The molecule has 0 atom stereocenters. The van der Waals surface area contributed by atoms with Gasteiger partial charge in [0.1, 0.15) is 5.82 Å². The van der Waals surface area contributed by atoms with E-state index in [1.807, 2.05) is 13.0 Å². The van der Waals surface area contributed by atoms with Crippen LogP contribution in [-0.4, -0.2) is 31.4 Å². The number of anilines is 1. The van der Waals surface area contributed by atoms with Crippen LogP contribution < -0.4 is 5.32 Å². The van der Waals surface area contributed by atoms with Gasteiger partial charge < -0.3 is 9.88 Å². The Hall–Kier alpha value is -2.45. The summed E-state index contributed by atoms with van der Waals surface area (Å²) in [5.74, 6) is 1.12. The molecule has 2 heterocycles. The van der Waals surface area contributed by atoms with Gasteiger partial charge in [-0.2, -0.15) is 0 Å². The molecule has 33 heavy (non-hydrogen) atoms. The molecule has 0 unspecified atom stereocenters. The van der Waals surface area contributed by atoms with Gasteiger partial charge >= 0.3 is 0 Å². The molecule has 2 aromatic heterocycles. The van der Waals surface area contributed by atoms with Gasteiger partial charge in [0.25, 0.3) is 0 Å². The maximum Gasteiger partial charge on any atom is 0.236 e. The van der Waals surface area contributed by atoms with E-state index < -0.39 is 0 Å². The molecule has 1 aromatic carbocycles. The maximum absolute atomic E-state index is 12.6. The van der Waals surface area contributed by atoms with Gasteiger partial charge in [0.2, 0.25) is 5.91 Å². The first-order valence-corrected chi connectivity index (χ1v) is 13.3. The first kappa shape index (κ1) is 25.2. The van der Waals surface area contributed by atoms with Crippen molar-refractivity contribution in [3.05, 3.63) is 53.2 Å².